The van der Waals surface area contributed by atoms with Crippen LogP contribution in [0.15, 0.2) is 35.0 Å². The number of rotatable bonds is 3. The van der Waals surface area contributed by atoms with Gasteiger partial charge in [-0.3, -0.25) is 4.90 Å². The number of ether oxygens (including phenoxy) is 1. The van der Waals surface area contributed by atoms with Crippen LogP contribution in [0.5, 0.6) is 0 Å². The Morgan fingerprint density at radius 1 is 1.65 bits per heavy atom. The Morgan fingerprint density at radius 3 is 2.71 bits per heavy atom. The highest BCUT2D eigenvalue weighted by molar-refractivity contribution is 5.54. The predicted octanol–water partition coefficient (Wildman–Crippen LogP) is 1.72. The molecule has 1 aliphatic heterocycles. The molecule has 1 atom stereocenters. The average molecular weight is 235 g/mol. The summed E-state index contributed by atoms with van der Waals surface area (Å²) < 4.78 is 5.38. The lowest BCUT2D eigenvalue weighted by atomic mass is 10.0. The topological polar surface area (TPSA) is 82.5 Å². The van der Waals surface area contributed by atoms with Crippen molar-refractivity contribution >= 4 is 0 Å². The Morgan fingerprint density at radius 2 is 2.24 bits per heavy atom. The summed E-state index contributed by atoms with van der Waals surface area (Å²) in [5.41, 5.74) is 7.24. The third kappa shape index (κ3) is 2.12. The minimum Gasteiger partial charge on any atom is -0.493 e. The van der Waals surface area contributed by atoms with Gasteiger partial charge in [-0.1, -0.05) is 6.58 Å². The predicted molar refractivity (Wildman–Crippen MR) is 64.2 cm³/mol. The van der Waals surface area contributed by atoms with E-state index in [0.29, 0.717) is 23.5 Å². The van der Waals surface area contributed by atoms with Crippen molar-refractivity contribution in [3.63, 3.8) is 0 Å². The Labute approximate surface area is 101 Å². The first kappa shape index (κ1) is 13.1. The lowest BCUT2D eigenvalue weighted by molar-refractivity contribution is -0.0275. The van der Waals surface area contributed by atoms with Gasteiger partial charge in [-0.2, -0.15) is 5.26 Å². The summed E-state index contributed by atoms with van der Waals surface area (Å²) in [6.45, 7) is 9.57. The molecule has 1 rings (SSSR count). The van der Waals surface area contributed by atoms with E-state index in [-0.39, 0.29) is 11.6 Å². The second-order valence-electron chi connectivity index (χ2n) is 3.72. The van der Waals surface area contributed by atoms with Crippen molar-refractivity contribution in [2.45, 2.75) is 27.0 Å². The zero-order chi connectivity index (χ0) is 13.2. The maximum atomic E-state index is 9.98. The minimum absolute atomic E-state index is 0.118. The molecule has 0 bridgehead atoms. The van der Waals surface area contributed by atoms with Gasteiger partial charge in [0.05, 0.1) is 17.0 Å². The summed E-state index contributed by atoms with van der Waals surface area (Å²) in [7, 11) is 0. The fraction of sp³-hybridized carbons (Fsp3) is 0.417. The molecule has 17 heavy (non-hydrogen) atoms. The van der Waals surface area contributed by atoms with Crippen LogP contribution in [0.2, 0.25) is 0 Å². The summed E-state index contributed by atoms with van der Waals surface area (Å²) in [5, 5.41) is 19.1. The molecule has 5 heteroatoms. The van der Waals surface area contributed by atoms with Crippen LogP contribution >= 0.6 is 0 Å². The molecule has 1 unspecified atom stereocenters. The zero-order valence-electron chi connectivity index (χ0n) is 10.3. The molecule has 1 aliphatic rings. The molecular weight excluding hydrogens is 218 g/mol. The fourth-order valence-corrected chi connectivity index (χ4v) is 1.75. The van der Waals surface area contributed by atoms with Crippen LogP contribution in [0.1, 0.15) is 20.8 Å². The molecule has 0 aromatic heterocycles. The third-order valence-electron chi connectivity index (χ3n) is 2.71. The van der Waals surface area contributed by atoms with Gasteiger partial charge in [0.25, 0.3) is 0 Å². The number of allylic oxidation sites excluding steroid dienone is 2. The monoisotopic (exact) mass is 235 g/mol. The number of hydrogen-bond donors (Lipinski definition) is 2. The molecule has 92 valence electrons. The molecule has 0 amide bonds. The standard InChI is InChI=1S/C12H17N3O2/c1-5-17-9(4)15-8(3)10(6-13)7(2)11(14)12(15)16/h9,16H,3,5,14H2,1-2,4H3. The van der Waals surface area contributed by atoms with E-state index in [1.165, 1.54) is 4.90 Å². The highest BCUT2D eigenvalue weighted by Crippen LogP contribution is 2.31. The van der Waals surface area contributed by atoms with Crippen molar-refractivity contribution in [2.75, 3.05) is 6.61 Å². The number of aliphatic hydroxyl groups is 1. The number of hydrogen-bond acceptors (Lipinski definition) is 5. The van der Waals surface area contributed by atoms with Crippen molar-refractivity contribution in [3.8, 4) is 6.07 Å². The van der Waals surface area contributed by atoms with E-state index >= 15 is 0 Å². The maximum absolute atomic E-state index is 9.98. The number of aliphatic hydroxyl groups excluding tert-OH is 1. The van der Waals surface area contributed by atoms with E-state index in [4.69, 9.17) is 15.7 Å². The van der Waals surface area contributed by atoms with Crippen LogP contribution in [0.4, 0.5) is 0 Å². The van der Waals surface area contributed by atoms with Crippen LogP contribution < -0.4 is 5.73 Å². The number of nitrogens with two attached hydrogens (primary N) is 1. The molecule has 0 fully saturated rings. The first-order valence-corrected chi connectivity index (χ1v) is 5.35. The second kappa shape index (κ2) is 4.93. The van der Waals surface area contributed by atoms with E-state index < -0.39 is 6.23 Å². The van der Waals surface area contributed by atoms with Crippen molar-refractivity contribution in [2.24, 2.45) is 5.73 Å². The van der Waals surface area contributed by atoms with Crippen molar-refractivity contribution in [1.82, 2.24) is 4.90 Å². The maximum Gasteiger partial charge on any atom is 0.217 e. The van der Waals surface area contributed by atoms with E-state index in [9.17, 15) is 5.11 Å². The lowest BCUT2D eigenvalue weighted by Gasteiger charge is -2.35. The Balaban J connectivity index is 3.22. The van der Waals surface area contributed by atoms with E-state index in [1.807, 2.05) is 13.0 Å². The van der Waals surface area contributed by atoms with Gasteiger partial charge in [0.2, 0.25) is 5.88 Å². The first-order valence-electron chi connectivity index (χ1n) is 5.35. The number of nitrogens with zero attached hydrogens (tertiary/aromatic N) is 2. The molecule has 0 saturated carbocycles. The fourth-order valence-electron chi connectivity index (χ4n) is 1.75. The molecule has 0 aromatic carbocycles. The molecule has 0 spiro atoms. The zero-order valence-corrected chi connectivity index (χ0v) is 10.3. The summed E-state index contributed by atoms with van der Waals surface area (Å²) in [5.74, 6) is -0.118. The van der Waals surface area contributed by atoms with Gasteiger partial charge in [0.15, 0.2) is 0 Å². The highest BCUT2D eigenvalue weighted by atomic mass is 16.5. The molecule has 0 aromatic rings. The van der Waals surface area contributed by atoms with Crippen LogP contribution in [-0.4, -0.2) is 22.8 Å². The molecule has 0 radical (unpaired) electrons. The van der Waals surface area contributed by atoms with Crippen molar-refractivity contribution < 1.29 is 9.84 Å². The normalized spacial score (nSPS) is 18.5. The van der Waals surface area contributed by atoms with Crippen LogP contribution in [0.3, 0.4) is 0 Å². The smallest absolute Gasteiger partial charge is 0.217 e. The van der Waals surface area contributed by atoms with Crippen molar-refractivity contribution in [3.05, 3.63) is 35.0 Å². The molecule has 0 aliphatic carbocycles. The molecular formula is C12H17N3O2. The van der Waals surface area contributed by atoms with E-state index in [0.717, 1.165) is 0 Å². The van der Waals surface area contributed by atoms with Gasteiger partial charge in [-0.25, -0.2) is 0 Å². The number of nitriles is 1. The molecule has 5 nitrogen and oxygen atoms in total. The van der Waals surface area contributed by atoms with Crippen molar-refractivity contribution in [1.29, 1.82) is 5.26 Å². The van der Waals surface area contributed by atoms with Gasteiger partial charge in [-0.05, 0) is 26.3 Å². The van der Waals surface area contributed by atoms with Gasteiger partial charge in [-0.15, -0.1) is 0 Å². The van der Waals surface area contributed by atoms with Crippen LogP contribution in [0, 0.1) is 11.3 Å². The Bertz CT molecular complexity index is 443. The summed E-state index contributed by atoms with van der Waals surface area (Å²) in [6, 6.07) is 2.04. The third-order valence-corrected chi connectivity index (χ3v) is 2.71. The largest absolute Gasteiger partial charge is 0.493 e. The summed E-state index contributed by atoms with van der Waals surface area (Å²) >= 11 is 0. The Kier molecular flexibility index (Phi) is 3.81. The summed E-state index contributed by atoms with van der Waals surface area (Å²) in [4.78, 5) is 1.42. The first-order chi connectivity index (χ1) is 7.95. The van der Waals surface area contributed by atoms with Gasteiger partial charge < -0.3 is 15.6 Å². The molecule has 3 N–H and O–H groups in total. The van der Waals surface area contributed by atoms with E-state index in [1.54, 1.807) is 13.8 Å². The Hall–Kier alpha value is -1.93. The van der Waals surface area contributed by atoms with Gasteiger partial charge in [0.1, 0.15) is 12.3 Å². The van der Waals surface area contributed by atoms with Gasteiger partial charge >= 0.3 is 0 Å². The molecule has 1 heterocycles. The van der Waals surface area contributed by atoms with Crippen LogP contribution in [-0.2, 0) is 4.74 Å². The minimum atomic E-state index is -0.428. The average Bonchev–Trinajstić information content (AvgIpc) is 2.27. The quantitative estimate of drug-likeness (QED) is 0.778. The second-order valence-corrected chi connectivity index (χ2v) is 3.72. The lowest BCUT2D eigenvalue weighted by Crippen LogP contribution is -2.38. The molecule has 0 saturated heterocycles. The van der Waals surface area contributed by atoms with Gasteiger partial charge in [0, 0.05) is 6.61 Å². The SMILES string of the molecule is C=C1C(C#N)=C(C)C(N)=C(O)N1C(C)OCC. The highest BCUT2D eigenvalue weighted by Gasteiger charge is 2.30. The van der Waals surface area contributed by atoms with E-state index in [2.05, 4.69) is 6.58 Å². The van der Waals surface area contributed by atoms with Crippen LogP contribution in [0.25, 0.3) is 0 Å². The summed E-state index contributed by atoms with van der Waals surface area (Å²) in [6.07, 6.45) is -0.428.